The maximum atomic E-state index is 11.3. The van der Waals surface area contributed by atoms with E-state index < -0.39 is 11.9 Å². The van der Waals surface area contributed by atoms with Gasteiger partial charge in [0.15, 0.2) is 0 Å². The topological polar surface area (TPSA) is 74.6 Å². The Morgan fingerprint density at radius 3 is 1.93 bits per heavy atom. The van der Waals surface area contributed by atoms with E-state index in [1.54, 1.807) is 0 Å². The van der Waals surface area contributed by atoms with Gasteiger partial charge in [0.1, 0.15) is 5.25 Å². The van der Waals surface area contributed by atoms with Crippen molar-refractivity contribution >= 4 is 35.5 Å². The Balaban J connectivity index is 2.12. The van der Waals surface area contributed by atoms with E-state index in [9.17, 15) is 14.7 Å². The number of hydrogen-bond acceptors (Lipinski definition) is 4. The Kier molecular flexibility index (Phi) is 14.0. The molecule has 0 saturated heterocycles. The van der Waals surface area contributed by atoms with E-state index in [-0.39, 0.29) is 5.25 Å². The highest BCUT2D eigenvalue weighted by atomic mass is 32.2. The van der Waals surface area contributed by atoms with Crippen LogP contribution in [0.15, 0.2) is 34.1 Å². The quantitative estimate of drug-likeness (QED) is 0.213. The number of unbranched alkanes of at least 4 members (excludes halogenated alkanes) is 8. The van der Waals surface area contributed by atoms with Crippen molar-refractivity contribution < 1.29 is 19.8 Å². The van der Waals surface area contributed by atoms with Gasteiger partial charge >= 0.3 is 11.9 Å². The first-order chi connectivity index (χ1) is 13.5. The van der Waals surface area contributed by atoms with Gasteiger partial charge in [-0.1, -0.05) is 64.0 Å². The molecule has 0 bridgehead atoms. The highest BCUT2D eigenvalue weighted by molar-refractivity contribution is 8.03. The first-order valence-corrected chi connectivity index (χ1v) is 12.2. The molecule has 0 spiro atoms. The Morgan fingerprint density at radius 1 is 0.857 bits per heavy atom. The summed E-state index contributed by atoms with van der Waals surface area (Å²) in [7, 11) is 0. The predicted molar refractivity (Wildman–Crippen MR) is 119 cm³/mol. The van der Waals surface area contributed by atoms with Gasteiger partial charge in [-0.3, -0.25) is 9.59 Å². The minimum Gasteiger partial charge on any atom is -0.481 e. The Bertz CT molecular complexity index is 577. The van der Waals surface area contributed by atoms with E-state index in [1.165, 1.54) is 55.2 Å². The molecule has 0 aliphatic rings. The molecule has 6 heteroatoms. The molecule has 0 fully saturated rings. The lowest BCUT2D eigenvalue weighted by atomic mass is 10.1. The average Bonchev–Trinajstić information content (AvgIpc) is 2.67. The molecule has 0 aliphatic heterocycles. The number of rotatable bonds is 17. The van der Waals surface area contributed by atoms with Crippen molar-refractivity contribution in [2.75, 3.05) is 5.75 Å². The molecule has 28 heavy (non-hydrogen) atoms. The highest BCUT2D eigenvalue weighted by Gasteiger charge is 2.18. The van der Waals surface area contributed by atoms with Crippen molar-refractivity contribution in [3.63, 3.8) is 0 Å². The maximum Gasteiger partial charge on any atom is 0.316 e. The third-order valence-electron chi connectivity index (χ3n) is 4.56. The van der Waals surface area contributed by atoms with Crippen LogP contribution >= 0.6 is 23.5 Å². The second kappa shape index (κ2) is 15.7. The van der Waals surface area contributed by atoms with Crippen LogP contribution in [-0.4, -0.2) is 33.2 Å². The summed E-state index contributed by atoms with van der Waals surface area (Å²) >= 11 is 3.28. The van der Waals surface area contributed by atoms with Gasteiger partial charge in [-0.05, 0) is 37.1 Å². The zero-order valence-electron chi connectivity index (χ0n) is 16.9. The number of carbonyl (C=O) groups is 2. The molecule has 2 N–H and O–H groups in total. The van der Waals surface area contributed by atoms with Crippen LogP contribution in [-0.2, 0) is 9.59 Å². The molecule has 4 nitrogen and oxygen atoms in total. The highest BCUT2D eigenvalue weighted by Crippen LogP contribution is 2.34. The minimum atomic E-state index is -0.741. The van der Waals surface area contributed by atoms with Crippen LogP contribution in [0.3, 0.4) is 0 Å². The average molecular weight is 427 g/mol. The fourth-order valence-electron chi connectivity index (χ4n) is 2.93. The SMILES string of the molecule is CCC(Sc1ccccc1SCCCCCCCCCCCC(=O)O)C(=O)O. The fourth-order valence-corrected chi connectivity index (χ4v) is 5.12. The van der Waals surface area contributed by atoms with Crippen molar-refractivity contribution in [1.82, 2.24) is 0 Å². The number of aliphatic carboxylic acids is 2. The molecule has 1 unspecified atom stereocenters. The van der Waals surface area contributed by atoms with Crippen LogP contribution in [0.4, 0.5) is 0 Å². The molecule has 0 heterocycles. The standard InChI is InChI=1S/C22H34O4S2/c1-2-18(22(25)26)28-20-15-12-11-14-19(20)27-17-13-9-7-5-3-4-6-8-10-16-21(23)24/h11-12,14-15,18H,2-10,13,16-17H2,1H3,(H,23,24)(H,25,26). The molecule has 1 aromatic rings. The first-order valence-electron chi connectivity index (χ1n) is 10.4. The van der Waals surface area contributed by atoms with Gasteiger partial charge in [-0.15, -0.1) is 23.5 Å². The second-order valence-corrected chi connectivity index (χ2v) is 9.36. The van der Waals surface area contributed by atoms with Gasteiger partial charge in [0.05, 0.1) is 0 Å². The third kappa shape index (κ3) is 11.6. The van der Waals surface area contributed by atoms with Crippen molar-refractivity contribution in [2.45, 2.75) is 92.6 Å². The van der Waals surface area contributed by atoms with Gasteiger partial charge in [-0.2, -0.15) is 0 Å². The van der Waals surface area contributed by atoms with Gasteiger partial charge in [0.25, 0.3) is 0 Å². The minimum absolute atomic E-state index is 0.300. The maximum absolute atomic E-state index is 11.3. The van der Waals surface area contributed by atoms with Crippen LogP contribution < -0.4 is 0 Å². The summed E-state index contributed by atoms with van der Waals surface area (Å²) in [6, 6.07) is 8.11. The molecule has 0 aromatic heterocycles. The molecule has 1 rings (SSSR count). The van der Waals surface area contributed by atoms with Gasteiger partial charge in [0.2, 0.25) is 0 Å². The zero-order chi connectivity index (χ0) is 20.6. The summed E-state index contributed by atoms with van der Waals surface area (Å²) in [6.07, 6.45) is 11.3. The lowest BCUT2D eigenvalue weighted by Gasteiger charge is -2.13. The Morgan fingerprint density at radius 2 is 1.39 bits per heavy atom. The smallest absolute Gasteiger partial charge is 0.316 e. The van der Waals surface area contributed by atoms with Crippen LogP contribution in [0.25, 0.3) is 0 Å². The molecule has 0 amide bonds. The van der Waals surface area contributed by atoms with Crippen molar-refractivity contribution in [3.05, 3.63) is 24.3 Å². The molecule has 0 saturated carbocycles. The van der Waals surface area contributed by atoms with E-state index in [2.05, 4.69) is 6.07 Å². The van der Waals surface area contributed by atoms with Crippen LogP contribution in [0.5, 0.6) is 0 Å². The van der Waals surface area contributed by atoms with Crippen LogP contribution in [0.1, 0.15) is 77.6 Å². The number of thioether (sulfide) groups is 2. The van der Waals surface area contributed by atoms with Crippen molar-refractivity contribution in [1.29, 1.82) is 0 Å². The predicted octanol–water partition coefficient (Wildman–Crippen LogP) is 6.72. The number of carboxylic acid groups (broad SMARTS) is 2. The summed E-state index contributed by atoms with van der Waals surface area (Å²) in [4.78, 5) is 24.0. The summed E-state index contributed by atoms with van der Waals surface area (Å²) in [6.45, 7) is 1.91. The molecule has 158 valence electrons. The molecule has 1 aromatic carbocycles. The van der Waals surface area contributed by atoms with Gasteiger partial charge < -0.3 is 10.2 Å². The Labute approximate surface area is 177 Å². The van der Waals surface area contributed by atoms with Crippen molar-refractivity contribution in [3.8, 4) is 0 Å². The lowest BCUT2D eigenvalue weighted by Crippen LogP contribution is -2.14. The number of carboxylic acids is 2. The van der Waals surface area contributed by atoms with E-state index >= 15 is 0 Å². The normalized spacial score (nSPS) is 12.0. The third-order valence-corrected chi connectivity index (χ3v) is 7.28. The first kappa shape index (κ1) is 24.9. The van der Waals surface area contributed by atoms with E-state index in [4.69, 9.17) is 5.11 Å². The lowest BCUT2D eigenvalue weighted by molar-refractivity contribution is -0.137. The fraction of sp³-hybridized carbons (Fsp3) is 0.636. The number of hydrogen-bond donors (Lipinski definition) is 2. The monoisotopic (exact) mass is 426 g/mol. The summed E-state index contributed by atoms with van der Waals surface area (Å²) < 4.78 is 0. The Hall–Kier alpha value is -1.14. The zero-order valence-corrected chi connectivity index (χ0v) is 18.5. The molecule has 1 atom stereocenters. The summed E-state index contributed by atoms with van der Waals surface area (Å²) in [5.74, 6) is -0.364. The van der Waals surface area contributed by atoms with Crippen LogP contribution in [0, 0.1) is 0 Å². The summed E-state index contributed by atoms with van der Waals surface area (Å²) in [5, 5.41) is 17.5. The molecular weight excluding hydrogens is 392 g/mol. The van der Waals surface area contributed by atoms with Crippen LogP contribution in [0.2, 0.25) is 0 Å². The second-order valence-electron chi connectivity index (χ2n) is 6.97. The number of benzene rings is 1. The van der Waals surface area contributed by atoms with E-state index in [1.807, 2.05) is 36.9 Å². The molecule has 0 aliphatic carbocycles. The van der Waals surface area contributed by atoms with Gasteiger partial charge in [-0.25, -0.2) is 0 Å². The van der Waals surface area contributed by atoms with Gasteiger partial charge in [0, 0.05) is 16.2 Å². The van der Waals surface area contributed by atoms with E-state index in [0.29, 0.717) is 12.8 Å². The van der Waals surface area contributed by atoms with E-state index in [0.717, 1.165) is 29.9 Å². The van der Waals surface area contributed by atoms with Crippen molar-refractivity contribution in [2.24, 2.45) is 0 Å². The molecular formula is C22H34O4S2. The summed E-state index contributed by atoms with van der Waals surface area (Å²) in [5.41, 5.74) is 0. The molecule has 0 radical (unpaired) electrons. The largest absolute Gasteiger partial charge is 0.481 e.